The van der Waals surface area contributed by atoms with Crippen molar-refractivity contribution in [2.45, 2.75) is 468 Å². The number of aliphatic hydroxyl groups excluding tert-OH is 5. The van der Waals surface area contributed by atoms with Crippen molar-refractivity contribution < 1.29 is 49.3 Å². The second-order valence-electron chi connectivity index (χ2n) is 28.8. The van der Waals surface area contributed by atoms with Gasteiger partial charge >= 0.3 is 5.97 Å². The molecule has 0 spiro atoms. The number of carbonyl (C=O) groups is 2. The molecule has 93 heavy (non-hydrogen) atoms. The van der Waals surface area contributed by atoms with E-state index in [1.807, 2.05) is 6.08 Å². The standard InChI is InChI=1S/C82H157NO10/c1-3-5-7-9-11-13-14-15-16-17-37-41-44-47-50-54-58-62-66-70-78(87)91-71-67-63-59-55-51-48-45-42-39-36-34-32-30-28-26-24-22-20-18-19-21-23-25-27-29-31-33-35-38-40-43-46-49-53-57-61-65-69-77(86)83-74(75(85)68-64-60-56-52-12-10-8-6-4-2)73-92-82-81(90)80(89)79(88)76(72-84)93-82/h15-16,64,68,74-76,79-82,84-85,88-90H,3-14,17-63,65-67,69-73H2,1-2H3,(H,83,86)/b16-15-,68-64+. The van der Waals surface area contributed by atoms with Crippen molar-refractivity contribution in [2.75, 3.05) is 19.8 Å². The molecule has 0 aromatic carbocycles. The summed E-state index contributed by atoms with van der Waals surface area (Å²) in [6.45, 7) is 4.37. The first-order chi connectivity index (χ1) is 45.7. The Morgan fingerprint density at radius 2 is 0.688 bits per heavy atom. The van der Waals surface area contributed by atoms with Crippen LogP contribution in [0.2, 0.25) is 0 Å². The van der Waals surface area contributed by atoms with Crippen LogP contribution in [0.3, 0.4) is 0 Å². The predicted molar refractivity (Wildman–Crippen MR) is 394 cm³/mol. The van der Waals surface area contributed by atoms with Crippen LogP contribution in [0.4, 0.5) is 0 Å². The van der Waals surface area contributed by atoms with E-state index in [-0.39, 0.29) is 18.5 Å². The molecule has 0 aliphatic carbocycles. The third-order valence-corrected chi connectivity index (χ3v) is 19.8. The Bertz CT molecular complexity index is 1590. The molecule has 1 aliphatic heterocycles. The molecule has 1 heterocycles. The number of ether oxygens (including phenoxy) is 3. The van der Waals surface area contributed by atoms with Crippen LogP contribution in [0.15, 0.2) is 24.3 Å². The van der Waals surface area contributed by atoms with Gasteiger partial charge in [-0.3, -0.25) is 9.59 Å². The molecule has 1 aliphatic rings. The molecule has 6 N–H and O–H groups in total. The molecule has 1 saturated heterocycles. The van der Waals surface area contributed by atoms with Crippen LogP contribution in [0.5, 0.6) is 0 Å². The Labute approximate surface area is 575 Å². The summed E-state index contributed by atoms with van der Waals surface area (Å²) in [5.41, 5.74) is 0. The summed E-state index contributed by atoms with van der Waals surface area (Å²) < 4.78 is 16.8. The lowest BCUT2D eigenvalue weighted by atomic mass is 9.99. The van der Waals surface area contributed by atoms with E-state index in [0.29, 0.717) is 19.4 Å². The quantitative estimate of drug-likeness (QED) is 0.0195. The molecule has 0 saturated carbocycles. The van der Waals surface area contributed by atoms with Crippen molar-refractivity contribution in [2.24, 2.45) is 0 Å². The summed E-state index contributed by atoms with van der Waals surface area (Å²) in [7, 11) is 0. The van der Waals surface area contributed by atoms with Crippen molar-refractivity contribution in [3.05, 3.63) is 24.3 Å². The van der Waals surface area contributed by atoms with Gasteiger partial charge in [0, 0.05) is 12.8 Å². The maximum atomic E-state index is 13.0. The zero-order chi connectivity index (χ0) is 67.2. The Kier molecular flexibility index (Phi) is 68.5. The van der Waals surface area contributed by atoms with Gasteiger partial charge in [0.2, 0.25) is 5.91 Å². The van der Waals surface area contributed by atoms with E-state index in [9.17, 15) is 35.1 Å². The number of unbranched alkanes of at least 4 members (excludes halogenated alkanes) is 58. The van der Waals surface area contributed by atoms with Crippen LogP contribution >= 0.6 is 0 Å². The lowest BCUT2D eigenvalue weighted by molar-refractivity contribution is -0.302. The first-order valence-corrected chi connectivity index (χ1v) is 41.1. The van der Waals surface area contributed by atoms with Crippen LogP contribution < -0.4 is 5.32 Å². The molecular formula is C82H157NO10. The summed E-state index contributed by atoms with van der Waals surface area (Å²) in [6.07, 6.45) is 82.5. The predicted octanol–water partition coefficient (Wildman–Crippen LogP) is 22.3. The number of esters is 1. The van der Waals surface area contributed by atoms with Gasteiger partial charge in [-0.2, -0.15) is 0 Å². The SMILES string of the molecule is CCCCCCCC/C=C\CCCCCCCCCCCC(=O)OCCCCCCCCCCCCCCCCCCCCCCCCCCCCCCCCCCCCCCCC(=O)NC(COC1OC(CO)C(O)C(O)C1O)C(O)/C=C/CCCCCCCCC. The van der Waals surface area contributed by atoms with Gasteiger partial charge in [-0.1, -0.05) is 378 Å². The first-order valence-electron chi connectivity index (χ1n) is 41.1. The molecule has 1 amide bonds. The minimum Gasteiger partial charge on any atom is -0.466 e. The average Bonchev–Trinajstić information content (AvgIpc) is 0.878. The first kappa shape index (κ1) is 89.2. The van der Waals surface area contributed by atoms with Crippen LogP contribution in [0.25, 0.3) is 0 Å². The topological polar surface area (TPSA) is 175 Å². The maximum absolute atomic E-state index is 13.0. The lowest BCUT2D eigenvalue weighted by Gasteiger charge is -2.40. The number of nitrogens with one attached hydrogen (secondary N) is 1. The van der Waals surface area contributed by atoms with Crippen molar-refractivity contribution in [3.8, 4) is 0 Å². The molecule has 0 aromatic rings. The number of hydrogen-bond acceptors (Lipinski definition) is 10. The Hall–Kier alpha value is -1.86. The summed E-state index contributed by atoms with van der Waals surface area (Å²) in [5.74, 6) is -0.158. The third-order valence-electron chi connectivity index (χ3n) is 19.8. The van der Waals surface area contributed by atoms with Crippen molar-refractivity contribution >= 4 is 11.9 Å². The number of amides is 1. The molecule has 0 radical (unpaired) electrons. The highest BCUT2D eigenvalue weighted by Gasteiger charge is 2.44. The van der Waals surface area contributed by atoms with Gasteiger partial charge in [-0.25, -0.2) is 0 Å². The van der Waals surface area contributed by atoms with E-state index in [0.717, 1.165) is 51.4 Å². The van der Waals surface area contributed by atoms with E-state index in [2.05, 4.69) is 31.3 Å². The molecule has 7 atom stereocenters. The second-order valence-corrected chi connectivity index (χ2v) is 28.8. The highest BCUT2D eigenvalue weighted by Crippen LogP contribution is 2.24. The monoisotopic (exact) mass is 1320 g/mol. The van der Waals surface area contributed by atoms with E-state index in [1.165, 1.54) is 347 Å². The van der Waals surface area contributed by atoms with Crippen molar-refractivity contribution in [3.63, 3.8) is 0 Å². The number of hydrogen-bond donors (Lipinski definition) is 6. The minimum absolute atomic E-state index is 0.0177. The fourth-order valence-electron chi connectivity index (χ4n) is 13.4. The summed E-state index contributed by atoms with van der Waals surface area (Å²) >= 11 is 0. The number of allylic oxidation sites excluding steroid dienone is 3. The zero-order valence-corrected chi connectivity index (χ0v) is 61.5. The minimum atomic E-state index is -1.57. The maximum Gasteiger partial charge on any atom is 0.305 e. The smallest absolute Gasteiger partial charge is 0.305 e. The van der Waals surface area contributed by atoms with Gasteiger partial charge in [0.15, 0.2) is 6.29 Å². The number of carbonyl (C=O) groups excluding carboxylic acids is 2. The van der Waals surface area contributed by atoms with Gasteiger partial charge in [0.1, 0.15) is 24.4 Å². The Morgan fingerprint density at radius 1 is 0.387 bits per heavy atom. The molecule has 1 fully saturated rings. The molecule has 1 rings (SSSR count). The van der Waals surface area contributed by atoms with Crippen LogP contribution in [-0.2, 0) is 23.8 Å². The molecule has 7 unspecified atom stereocenters. The van der Waals surface area contributed by atoms with Crippen LogP contribution in [-0.4, -0.2) is 100 Å². The molecule has 0 bridgehead atoms. The van der Waals surface area contributed by atoms with Gasteiger partial charge in [-0.05, 0) is 57.8 Å². The molecular weight excluding hydrogens is 1160 g/mol. The number of aliphatic hydroxyl groups is 5. The largest absolute Gasteiger partial charge is 0.466 e. The molecule has 11 nitrogen and oxygen atoms in total. The van der Waals surface area contributed by atoms with Gasteiger partial charge in [-0.15, -0.1) is 0 Å². The zero-order valence-electron chi connectivity index (χ0n) is 61.5. The van der Waals surface area contributed by atoms with E-state index in [4.69, 9.17) is 14.2 Å². The lowest BCUT2D eigenvalue weighted by Crippen LogP contribution is -2.60. The van der Waals surface area contributed by atoms with E-state index < -0.39 is 49.5 Å². The fourth-order valence-corrected chi connectivity index (χ4v) is 13.4. The highest BCUT2D eigenvalue weighted by molar-refractivity contribution is 5.76. The van der Waals surface area contributed by atoms with E-state index >= 15 is 0 Å². The fraction of sp³-hybridized carbons (Fsp3) is 0.927. The Balaban J connectivity index is 1.82. The third kappa shape index (κ3) is 59.9. The normalized spacial score (nSPS) is 17.5. The average molecular weight is 1320 g/mol. The van der Waals surface area contributed by atoms with Crippen molar-refractivity contribution in [1.82, 2.24) is 5.32 Å². The van der Waals surface area contributed by atoms with Crippen LogP contribution in [0.1, 0.15) is 425 Å². The van der Waals surface area contributed by atoms with Crippen LogP contribution in [0, 0.1) is 0 Å². The van der Waals surface area contributed by atoms with Crippen molar-refractivity contribution in [1.29, 1.82) is 0 Å². The summed E-state index contributed by atoms with van der Waals surface area (Å²) in [6, 6.07) is -0.804. The molecule has 0 aromatic heterocycles. The number of rotatable bonds is 74. The second kappa shape index (κ2) is 71.4. The Morgan fingerprint density at radius 3 is 1.03 bits per heavy atom. The van der Waals surface area contributed by atoms with Gasteiger partial charge in [0.05, 0.1) is 32.0 Å². The van der Waals surface area contributed by atoms with E-state index in [1.54, 1.807) is 6.08 Å². The van der Waals surface area contributed by atoms with Gasteiger partial charge < -0.3 is 45.1 Å². The molecule has 11 heteroatoms. The summed E-state index contributed by atoms with van der Waals surface area (Å²) in [5, 5.41) is 54.4. The summed E-state index contributed by atoms with van der Waals surface area (Å²) in [4.78, 5) is 25.2. The highest BCUT2D eigenvalue weighted by atomic mass is 16.7. The molecule has 550 valence electrons. The van der Waals surface area contributed by atoms with Gasteiger partial charge in [0.25, 0.3) is 0 Å².